The number of rotatable bonds is 6. The van der Waals surface area contributed by atoms with Crippen LogP contribution < -0.4 is 20.1 Å². The Morgan fingerprint density at radius 3 is 2.83 bits per heavy atom. The van der Waals surface area contributed by atoms with Crippen molar-refractivity contribution in [3.8, 4) is 22.9 Å². The van der Waals surface area contributed by atoms with Gasteiger partial charge in [-0.15, -0.1) is 24.0 Å². The van der Waals surface area contributed by atoms with Crippen molar-refractivity contribution in [1.82, 2.24) is 25.8 Å². The number of nitrogens with zero attached hydrogens (tertiary/aromatic N) is 3. The van der Waals surface area contributed by atoms with Crippen molar-refractivity contribution >= 4 is 29.9 Å². The molecule has 4 rings (SSSR count). The largest absolute Gasteiger partial charge is 0.454 e. The van der Waals surface area contributed by atoms with Gasteiger partial charge in [-0.3, -0.25) is 10.1 Å². The Kier molecular flexibility index (Phi) is 7.28. The van der Waals surface area contributed by atoms with Crippen LogP contribution in [-0.2, 0) is 13.0 Å². The van der Waals surface area contributed by atoms with Crippen LogP contribution in [0.2, 0.25) is 0 Å². The van der Waals surface area contributed by atoms with Gasteiger partial charge >= 0.3 is 0 Å². The molecule has 2 aromatic carbocycles. The van der Waals surface area contributed by atoms with Crippen molar-refractivity contribution in [2.75, 3.05) is 20.4 Å². The quantitative estimate of drug-likeness (QED) is 0.271. The van der Waals surface area contributed by atoms with Gasteiger partial charge in [0.05, 0.1) is 0 Å². The van der Waals surface area contributed by atoms with Gasteiger partial charge in [0.15, 0.2) is 23.3 Å². The molecule has 0 aliphatic carbocycles. The Balaban J connectivity index is 0.00000240. The molecule has 0 unspecified atom stereocenters. The summed E-state index contributed by atoms with van der Waals surface area (Å²) in [5.74, 6) is 3.13. The first-order valence-corrected chi connectivity index (χ1v) is 9.09. The number of hydrogen-bond donors (Lipinski definition) is 3. The molecule has 8 nitrogen and oxygen atoms in total. The average Bonchev–Trinajstić information content (AvgIpc) is 3.42. The Labute approximate surface area is 186 Å². The predicted octanol–water partition coefficient (Wildman–Crippen LogP) is 2.73. The molecule has 0 radical (unpaired) electrons. The predicted molar refractivity (Wildman–Crippen MR) is 122 cm³/mol. The second-order valence-corrected chi connectivity index (χ2v) is 6.32. The molecule has 0 amide bonds. The lowest BCUT2D eigenvalue weighted by Gasteiger charge is -2.12. The topological polar surface area (TPSA) is 96.5 Å². The van der Waals surface area contributed by atoms with Crippen molar-refractivity contribution in [1.29, 1.82) is 0 Å². The molecule has 0 saturated heterocycles. The van der Waals surface area contributed by atoms with Gasteiger partial charge in [0.25, 0.3) is 0 Å². The van der Waals surface area contributed by atoms with Crippen LogP contribution >= 0.6 is 24.0 Å². The minimum Gasteiger partial charge on any atom is -0.454 e. The van der Waals surface area contributed by atoms with E-state index in [1.165, 1.54) is 11.9 Å². The van der Waals surface area contributed by atoms with Crippen LogP contribution in [-0.4, -0.2) is 41.5 Å². The number of H-pyrrole nitrogens is 1. The van der Waals surface area contributed by atoms with E-state index >= 15 is 0 Å². The first kappa shape index (κ1) is 20.9. The second-order valence-electron chi connectivity index (χ2n) is 6.32. The van der Waals surface area contributed by atoms with Crippen LogP contribution in [0.15, 0.2) is 53.8 Å². The summed E-state index contributed by atoms with van der Waals surface area (Å²) in [5.41, 5.74) is 3.32. The number of aromatic nitrogens is 3. The summed E-state index contributed by atoms with van der Waals surface area (Å²) >= 11 is 0. The highest BCUT2D eigenvalue weighted by Gasteiger charge is 2.13. The number of ether oxygens (including phenoxy) is 2. The molecule has 0 saturated carbocycles. The van der Waals surface area contributed by atoms with E-state index in [1.807, 2.05) is 24.3 Å². The van der Waals surface area contributed by atoms with E-state index in [-0.39, 0.29) is 24.0 Å². The Bertz CT molecular complexity index is 961. The molecule has 3 aromatic rings. The van der Waals surface area contributed by atoms with Crippen molar-refractivity contribution < 1.29 is 9.47 Å². The van der Waals surface area contributed by atoms with Crippen molar-refractivity contribution in [2.45, 2.75) is 13.0 Å². The molecule has 29 heavy (non-hydrogen) atoms. The molecule has 0 spiro atoms. The fourth-order valence-corrected chi connectivity index (χ4v) is 3.00. The lowest BCUT2D eigenvalue weighted by Crippen LogP contribution is -2.37. The number of halogens is 1. The van der Waals surface area contributed by atoms with Crippen molar-refractivity contribution in [3.63, 3.8) is 0 Å². The number of hydrogen-bond acceptors (Lipinski definition) is 5. The van der Waals surface area contributed by atoms with Crippen LogP contribution in [0.1, 0.15) is 11.1 Å². The van der Waals surface area contributed by atoms with E-state index in [9.17, 15) is 0 Å². The van der Waals surface area contributed by atoms with E-state index in [4.69, 9.17) is 9.47 Å². The van der Waals surface area contributed by atoms with Gasteiger partial charge in [0.1, 0.15) is 6.33 Å². The summed E-state index contributed by atoms with van der Waals surface area (Å²) in [7, 11) is 1.76. The Hall–Kier alpha value is -2.82. The van der Waals surface area contributed by atoms with Gasteiger partial charge in [-0.1, -0.05) is 24.3 Å². The van der Waals surface area contributed by atoms with E-state index in [2.05, 4.69) is 49.0 Å². The fourth-order valence-electron chi connectivity index (χ4n) is 3.00. The molecule has 0 fully saturated rings. The summed E-state index contributed by atoms with van der Waals surface area (Å²) in [6, 6.07) is 14.2. The van der Waals surface area contributed by atoms with E-state index in [1.54, 1.807) is 7.05 Å². The standard InChI is InChI=1S/C20H22N6O2.HI/c1-21-20(22-8-7-14-5-6-17-18(10-14)28-13-27-17)23-11-15-3-2-4-16(9-15)19-24-12-25-26-19;/h2-6,9-10,12H,7-8,11,13H2,1H3,(H2,21,22,23)(H,24,25,26);1H. The Morgan fingerprint density at radius 2 is 2.00 bits per heavy atom. The highest BCUT2D eigenvalue weighted by Crippen LogP contribution is 2.32. The first-order valence-electron chi connectivity index (χ1n) is 9.09. The van der Waals surface area contributed by atoms with E-state index < -0.39 is 0 Å². The van der Waals surface area contributed by atoms with E-state index in [0.29, 0.717) is 13.3 Å². The molecule has 0 bridgehead atoms. The number of aromatic amines is 1. The lowest BCUT2D eigenvalue weighted by atomic mass is 10.1. The van der Waals surface area contributed by atoms with Gasteiger partial charge in [-0.05, 0) is 35.7 Å². The summed E-state index contributed by atoms with van der Waals surface area (Å²) in [5, 5.41) is 13.4. The normalized spacial score (nSPS) is 12.4. The summed E-state index contributed by atoms with van der Waals surface area (Å²) in [6.07, 6.45) is 2.37. The van der Waals surface area contributed by atoms with Crippen LogP contribution in [0.3, 0.4) is 0 Å². The summed E-state index contributed by atoms with van der Waals surface area (Å²) in [4.78, 5) is 8.48. The van der Waals surface area contributed by atoms with Crippen LogP contribution in [0.4, 0.5) is 0 Å². The zero-order chi connectivity index (χ0) is 19.2. The number of benzene rings is 2. The fraction of sp³-hybridized carbons (Fsp3) is 0.250. The molecule has 1 aliphatic rings. The van der Waals surface area contributed by atoms with E-state index in [0.717, 1.165) is 47.4 Å². The summed E-state index contributed by atoms with van der Waals surface area (Å²) < 4.78 is 10.8. The molecule has 0 atom stereocenters. The van der Waals surface area contributed by atoms with Crippen LogP contribution in [0.5, 0.6) is 11.5 Å². The molecule has 3 N–H and O–H groups in total. The molecular weight excluding hydrogens is 483 g/mol. The average molecular weight is 506 g/mol. The third-order valence-corrected chi connectivity index (χ3v) is 4.44. The Morgan fingerprint density at radius 1 is 1.10 bits per heavy atom. The number of aliphatic imine (C=N–C) groups is 1. The molecular formula is C20H23IN6O2. The molecule has 9 heteroatoms. The van der Waals surface area contributed by atoms with Gasteiger partial charge in [-0.25, -0.2) is 4.98 Å². The number of nitrogens with one attached hydrogen (secondary N) is 3. The summed E-state index contributed by atoms with van der Waals surface area (Å²) in [6.45, 7) is 1.72. The third-order valence-electron chi connectivity index (χ3n) is 4.44. The molecule has 1 aromatic heterocycles. The third kappa shape index (κ3) is 5.37. The first-order chi connectivity index (χ1) is 13.8. The van der Waals surface area contributed by atoms with Gasteiger partial charge in [-0.2, -0.15) is 5.10 Å². The van der Waals surface area contributed by atoms with Crippen LogP contribution in [0.25, 0.3) is 11.4 Å². The van der Waals surface area contributed by atoms with Gasteiger partial charge in [0.2, 0.25) is 6.79 Å². The number of fused-ring (bicyclic) bond motifs is 1. The van der Waals surface area contributed by atoms with Gasteiger partial charge < -0.3 is 20.1 Å². The number of guanidine groups is 1. The highest BCUT2D eigenvalue weighted by atomic mass is 127. The zero-order valence-corrected chi connectivity index (χ0v) is 18.3. The van der Waals surface area contributed by atoms with Crippen molar-refractivity contribution in [2.24, 2.45) is 4.99 Å². The minimum atomic E-state index is 0. The smallest absolute Gasteiger partial charge is 0.231 e. The van der Waals surface area contributed by atoms with Crippen molar-refractivity contribution in [3.05, 3.63) is 59.9 Å². The molecule has 2 heterocycles. The van der Waals surface area contributed by atoms with Crippen LogP contribution in [0, 0.1) is 0 Å². The molecule has 1 aliphatic heterocycles. The van der Waals surface area contributed by atoms with Gasteiger partial charge in [0, 0.05) is 25.7 Å². The maximum atomic E-state index is 5.42. The maximum Gasteiger partial charge on any atom is 0.231 e. The zero-order valence-electron chi connectivity index (χ0n) is 16.0. The second kappa shape index (κ2) is 10.1. The SMILES string of the molecule is CN=C(NCCc1ccc2c(c1)OCO2)NCc1cccc(-c2ncn[nH]2)c1.I. The monoisotopic (exact) mass is 506 g/mol. The highest BCUT2D eigenvalue weighted by molar-refractivity contribution is 14.0. The maximum absolute atomic E-state index is 5.42. The lowest BCUT2D eigenvalue weighted by molar-refractivity contribution is 0.174. The minimum absolute atomic E-state index is 0. The molecule has 152 valence electrons.